The molecule has 1 nitrogen and oxygen atoms in total. The summed E-state index contributed by atoms with van der Waals surface area (Å²) in [6.07, 6.45) is 14.6. The van der Waals surface area contributed by atoms with Gasteiger partial charge in [-0.2, -0.15) is 0 Å². The van der Waals surface area contributed by atoms with Gasteiger partial charge in [-0.05, 0) is 105 Å². The molecule has 0 unspecified atom stereocenters. The summed E-state index contributed by atoms with van der Waals surface area (Å²) in [5, 5.41) is 0. The van der Waals surface area contributed by atoms with Crippen LogP contribution in [0.2, 0.25) is 0 Å². The van der Waals surface area contributed by atoms with Crippen molar-refractivity contribution in [3.63, 3.8) is 0 Å². The van der Waals surface area contributed by atoms with Gasteiger partial charge < -0.3 is 0 Å². The predicted molar refractivity (Wildman–Crippen MR) is 110 cm³/mol. The van der Waals surface area contributed by atoms with Crippen LogP contribution < -0.4 is 0 Å². The first-order valence-corrected chi connectivity index (χ1v) is 10.7. The van der Waals surface area contributed by atoms with E-state index in [4.69, 9.17) is 0 Å². The van der Waals surface area contributed by atoms with Gasteiger partial charge in [0.25, 0.3) is 0 Å². The monoisotopic (exact) mass is 381 g/mol. The van der Waals surface area contributed by atoms with Crippen molar-refractivity contribution in [3.05, 3.63) is 66.4 Å². The summed E-state index contributed by atoms with van der Waals surface area (Å²) in [6.45, 7) is 3.96. The fraction of sp³-hybridized carbons (Fsp3) is 0.480. The van der Waals surface area contributed by atoms with Gasteiger partial charge in [0, 0.05) is 11.8 Å². The van der Waals surface area contributed by atoms with Gasteiger partial charge in [-0.25, -0.2) is 8.78 Å². The molecule has 2 aliphatic rings. The van der Waals surface area contributed by atoms with E-state index in [0.29, 0.717) is 17.2 Å². The molecule has 1 aromatic carbocycles. The fourth-order valence-electron chi connectivity index (χ4n) is 5.25. The maximum absolute atomic E-state index is 13.5. The first kappa shape index (κ1) is 19.3. The van der Waals surface area contributed by atoms with Crippen molar-refractivity contribution in [2.75, 3.05) is 0 Å². The van der Waals surface area contributed by atoms with E-state index >= 15 is 0 Å². The number of hydrogen-bond donors (Lipinski definition) is 0. The van der Waals surface area contributed by atoms with Crippen molar-refractivity contribution >= 4 is 0 Å². The Kier molecular flexibility index (Phi) is 5.89. The molecular weight excluding hydrogens is 352 g/mol. The number of benzene rings is 1. The van der Waals surface area contributed by atoms with Gasteiger partial charge in [-0.1, -0.05) is 12.1 Å². The van der Waals surface area contributed by atoms with Gasteiger partial charge in [-0.3, -0.25) is 4.98 Å². The first-order chi connectivity index (χ1) is 13.6. The molecule has 0 N–H and O–H groups in total. The lowest BCUT2D eigenvalue weighted by Crippen LogP contribution is -2.25. The molecule has 0 radical (unpaired) electrons. The van der Waals surface area contributed by atoms with E-state index in [1.807, 2.05) is 12.3 Å². The van der Waals surface area contributed by atoms with Crippen LogP contribution in [0.5, 0.6) is 0 Å². The van der Waals surface area contributed by atoms with Crippen LogP contribution >= 0.6 is 0 Å². The lowest BCUT2D eigenvalue weighted by Gasteiger charge is -2.37. The van der Waals surface area contributed by atoms with Crippen molar-refractivity contribution in [2.24, 2.45) is 17.8 Å². The minimum absolute atomic E-state index is 0.576. The minimum Gasteiger partial charge on any atom is -0.256 e. The lowest BCUT2D eigenvalue weighted by atomic mass is 9.68. The largest absolute Gasteiger partial charge is 0.256 e. The van der Waals surface area contributed by atoms with E-state index in [1.165, 1.54) is 63.0 Å². The standard InChI is InChI=1S/C25H29F2N/c1-2-17-3-5-18(6-4-17)19-7-9-20(10-8-19)22-12-14-25(28-16-22)21-11-13-23(26)24(27)15-21/h2,11-20H,1,3-10H2/t17-,18-,19?,20?. The Morgan fingerprint density at radius 1 is 0.821 bits per heavy atom. The number of rotatable bonds is 4. The highest BCUT2D eigenvalue weighted by Gasteiger charge is 2.30. The average Bonchev–Trinajstić information content (AvgIpc) is 2.76. The molecular formula is C25H29F2N. The SMILES string of the molecule is C=C[C@H]1CC[C@H](C2CCC(c3ccc(-c4ccc(F)c(F)c4)nc3)CC2)CC1. The van der Waals surface area contributed by atoms with Crippen molar-refractivity contribution in [2.45, 2.75) is 57.3 Å². The van der Waals surface area contributed by atoms with E-state index in [2.05, 4.69) is 23.7 Å². The molecule has 148 valence electrons. The summed E-state index contributed by atoms with van der Waals surface area (Å²) in [5.74, 6) is 1.46. The van der Waals surface area contributed by atoms with Crippen LogP contribution in [0.4, 0.5) is 8.78 Å². The van der Waals surface area contributed by atoms with Gasteiger partial charge in [0.15, 0.2) is 11.6 Å². The Balaban J connectivity index is 1.34. The Morgan fingerprint density at radius 2 is 1.50 bits per heavy atom. The summed E-state index contributed by atoms with van der Waals surface area (Å²) in [5.41, 5.74) is 2.58. The third-order valence-corrected chi connectivity index (χ3v) is 7.06. The minimum atomic E-state index is -0.830. The smallest absolute Gasteiger partial charge is 0.159 e. The van der Waals surface area contributed by atoms with Crippen LogP contribution in [0.25, 0.3) is 11.3 Å². The third kappa shape index (κ3) is 4.19. The zero-order chi connectivity index (χ0) is 19.5. The second-order valence-electron chi connectivity index (χ2n) is 8.63. The number of nitrogens with zero attached hydrogens (tertiary/aromatic N) is 1. The molecule has 1 aromatic heterocycles. The van der Waals surface area contributed by atoms with Crippen molar-refractivity contribution in [1.29, 1.82) is 0 Å². The molecule has 0 atom stereocenters. The third-order valence-electron chi connectivity index (χ3n) is 7.06. The Morgan fingerprint density at radius 3 is 2.07 bits per heavy atom. The normalized spacial score (nSPS) is 28.1. The van der Waals surface area contributed by atoms with Gasteiger partial charge in [0.05, 0.1) is 5.69 Å². The van der Waals surface area contributed by atoms with Crippen molar-refractivity contribution in [1.82, 2.24) is 4.98 Å². The Hall–Kier alpha value is -2.03. The molecule has 0 aliphatic heterocycles. The molecule has 0 bridgehead atoms. The number of pyridine rings is 1. The molecule has 4 rings (SSSR count). The zero-order valence-electron chi connectivity index (χ0n) is 16.4. The highest BCUT2D eigenvalue weighted by molar-refractivity contribution is 5.59. The fourth-order valence-corrected chi connectivity index (χ4v) is 5.25. The highest BCUT2D eigenvalue weighted by Crippen LogP contribution is 2.44. The number of halogens is 2. The summed E-state index contributed by atoms with van der Waals surface area (Å²) in [7, 11) is 0. The maximum Gasteiger partial charge on any atom is 0.159 e. The Labute approximate surface area is 166 Å². The quantitative estimate of drug-likeness (QED) is 0.507. The highest BCUT2D eigenvalue weighted by atomic mass is 19.2. The second-order valence-corrected chi connectivity index (χ2v) is 8.63. The average molecular weight is 382 g/mol. The van der Waals surface area contributed by atoms with Gasteiger partial charge in [0.1, 0.15) is 0 Å². The zero-order valence-corrected chi connectivity index (χ0v) is 16.4. The van der Waals surface area contributed by atoms with Gasteiger partial charge in [0.2, 0.25) is 0 Å². The Bertz CT molecular complexity index is 798. The topological polar surface area (TPSA) is 12.9 Å². The summed E-state index contributed by atoms with van der Waals surface area (Å²) >= 11 is 0. The van der Waals surface area contributed by atoms with Gasteiger partial charge >= 0.3 is 0 Å². The van der Waals surface area contributed by atoms with E-state index in [0.717, 1.165) is 23.8 Å². The van der Waals surface area contributed by atoms with Crippen molar-refractivity contribution < 1.29 is 8.78 Å². The number of hydrogen-bond acceptors (Lipinski definition) is 1. The summed E-state index contributed by atoms with van der Waals surface area (Å²) in [6, 6.07) is 7.99. The lowest BCUT2D eigenvalue weighted by molar-refractivity contribution is 0.171. The van der Waals surface area contributed by atoms with Gasteiger partial charge in [-0.15, -0.1) is 6.58 Å². The first-order valence-electron chi connectivity index (χ1n) is 10.7. The molecule has 0 saturated heterocycles. The molecule has 0 spiro atoms. The number of aromatic nitrogens is 1. The van der Waals surface area contributed by atoms with E-state index in [9.17, 15) is 8.78 Å². The van der Waals surface area contributed by atoms with E-state index < -0.39 is 11.6 Å². The van der Waals surface area contributed by atoms with Crippen LogP contribution in [0.3, 0.4) is 0 Å². The van der Waals surface area contributed by atoms with E-state index in [1.54, 1.807) is 6.07 Å². The molecule has 1 heterocycles. The molecule has 28 heavy (non-hydrogen) atoms. The summed E-state index contributed by atoms with van der Waals surface area (Å²) in [4.78, 5) is 4.52. The molecule has 3 heteroatoms. The molecule has 2 fully saturated rings. The molecule has 2 aliphatic carbocycles. The second kappa shape index (κ2) is 8.55. The van der Waals surface area contributed by atoms with Crippen LogP contribution in [0.1, 0.15) is 62.8 Å². The number of allylic oxidation sites excluding steroid dienone is 1. The molecule has 2 aromatic rings. The van der Waals surface area contributed by atoms with E-state index in [-0.39, 0.29) is 0 Å². The van der Waals surface area contributed by atoms with Crippen LogP contribution in [-0.2, 0) is 0 Å². The molecule has 2 saturated carbocycles. The van der Waals surface area contributed by atoms with Crippen molar-refractivity contribution in [3.8, 4) is 11.3 Å². The van der Waals surface area contributed by atoms with Crippen LogP contribution in [-0.4, -0.2) is 4.98 Å². The molecule has 0 amide bonds. The predicted octanol–water partition coefficient (Wildman–Crippen LogP) is 7.29. The van der Waals surface area contributed by atoms with Crippen LogP contribution in [0, 0.1) is 29.4 Å². The summed E-state index contributed by atoms with van der Waals surface area (Å²) < 4.78 is 26.6. The maximum atomic E-state index is 13.5. The van der Waals surface area contributed by atoms with Crippen LogP contribution in [0.15, 0.2) is 49.2 Å².